The highest BCUT2D eigenvalue weighted by atomic mass is 35.5. The lowest BCUT2D eigenvalue weighted by Gasteiger charge is -2.11. The molecule has 0 radical (unpaired) electrons. The molecular formula is C16H16ClN5O3S. The van der Waals surface area contributed by atoms with E-state index in [9.17, 15) is 13.2 Å². The van der Waals surface area contributed by atoms with Gasteiger partial charge in [0.2, 0.25) is 5.91 Å². The van der Waals surface area contributed by atoms with Crippen molar-refractivity contribution in [3.05, 3.63) is 41.2 Å². The molecule has 0 fully saturated rings. The van der Waals surface area contributed by atoms with E-state index in [2.05, 4.69) is 20.1 Å². The van der Waals surface area contributed by atoms with Gasteiger partial charge < -0.3 is 5.32 Å². The Morgan fingerprint density at radius 1 is 1.27 bits per heavy atom. The number of halogens is 1. The van der Waals surface area contributed by atoms with Crippen molar-refractivity contribution >= 4 is 49.9 Å². The highest BCUT2D eigenvalue weighted by Gasteiger charge is 2.18. The average molecular weight is 394 g/mol. The molecule has 0 unspecified atom stereocenters. The molecule has 2 aromatic heterocycles. The Labute approximate surface area is 155 Å². The summed E-state index contributed by atoms with van der Waals surface area (Å²) in [4.78, 5) is 15.4. The summed E-state index contributed by atoms with van der Waals surface area (Å²) < 4.78 is 29.4. The molecule has 2 heterocycles. The van der Waals surface area contributed by atoms with Crippen LogP contribution < -0.4 is 10.0 Å². The fourth-order valence-corrected chi connectivity index (χ4v) is 3.71. The molecular weight excluding hydrogens is 378 g/mol. The van der Waals surface area contributed by atoms with Crippen molar-refractivity contribution < 1.29 is 13.2 Å². The third-order valence-electron chi connectivity index (χ3n) is 3.68. The van der Waals surface area contributed by atoms with Gasteiger partial charge in [-0.2, -0.15) is 5.10 Å². The molecule has 0 aliphatic heterocycles. The van der Waals surface area contributed by atoms with Gasteiger partial charge in [0.15, 0.2) is 5.65 Å². The van der Waals surface area contributed by atoms with Crippen LogP contribution in [-0.2, 0) is 21.9 Å². The quantitative estimate of drug-likeness (QED) is 0.708. The number of pyridine rings is 1. The number of benzene rings is 1. The van der Waals surface area contributed by atoms with Crippen molar-refractivity contribution in [3.63, 3.8) is 0 Å². The minimum absolute atomic E-state index is 0.0112. The molecule has 26 heavy (non-hydrogen) atoms. The van der Waals surface area contributed by atoms with Crippen LogP contribution in [0.3, 0.4) is 0 Å². The van der Waals surface area contributed by atoms with Gasteiger partial charge in [0, 0.05) is 25.6 Å². The van der Waals surface area contributed by atoms with Gasteiger partial charge in [0.1, 0.15) is 4.90 Å². The van der Waals surface area contributed by atoms with Gasteiger partial charge in [-0.15, -0.1) is 0 Å². The molecule has 3 aromatic rings. The lowest BCUT2D eigenvalue weighted by atomic mass is 10.3. The number of carbonyl (C=O) groups excluding carboxylic acids is 1. The monoisotopic (exact) mass is 393 g/mol. The van der Waals surface area contributed by atoms with Gasteiger partial charge in [-0.05, 0) is 31.2 Å². The SMILES string of the molecule is CC(=O)Nc1cc(NS(=O)(=O)c2cnc3c(c2)c(C)nn3C)ccc1Cl. The molecule has 0 atom stereocenters. The van der Waals surface area contributed by atoms with Gasteiger partial charge >= 0.3 is 0 Å². The number of hydrogen-bond donors (Lipinski definition) is 2. The fraction of sp³-hybridized carbons (Fsp3) is 0.188. The highest BCUT2D eigenvalue weighted by molar-refractivity contribution is 7.92. The predicted octanol–water partition coefficient (Wildman–Crippen LogP) is 2.69. The number of nitrogens with one attached hydrogen (secondary N) is 2. The summed E-state index contributed by atoms with van der Waals surface area (Å²) in [5.74, 6) is -0.311. The molecule has 0 bridgehead atoms. The largest absolute Gasteiger partial charge is 0.325 e. The molecule has 0 aliphatic carbocycles. The Bertz CT molecular complexity index is 1120. The van der Waals surface area contributed by atoms with Crippen LogP contribution in [0.25, 0.3) is 11.0 Å². The van der Waals surface area contributed by atoms with E-state index in [4.69, 9.17) is 11.6 Å². The molecule has 1 aromatic carbocycles. The topological polar surface area (TPSA) is 106 Å². The number of aromatic nitrogens is 3. The van der Waals surface area contributed by atoms with E-state index in [1.807, 2.05) is 0 Å². The van der Waals surface area contributed by atoms with Crippen LogP contribution in [0.2, 0.25) is 5.02 Å². The van der Waals surface area contributed by atoms with Gasteiger partial charge in [-0.3, -0.25) is 14.2 Å². The normalized spacial score (nSPS) is 11.5. The van der Waals surface area contributed by atoms with Gasteiger partial charge in [0.05, 0.1) is 22.1 Å². The van der Waals surface area contributed by atoms with Gasteiger partial charge in [-0.25, -0.2) is 13.4 Å². The molecule has 8 nitrogen and oxygen atoms in total. The maximum Gasteiger partial charge on any atom is 0.263 e. The van der Waals surface area contributed by atoms with Crippen LogP contribution in [-0.4, -0.2) is 29.1 Å². The van der Waals surface area contributed by atoms with Crippen molar-refractivity contribution in [1.29, 1.82) is 0 Å². The zero-order valence-electron chi connectivity index (χ0n) is 14.2. The number of rotatable bonds is 4. The second-order valence-corrected chi connectivity index (χ2v) is 7.82. The summed E-state index contributed by atoms with van der Waals surface area (Å²) in [5.41, 5.74) is 1.87. The molecule has 1 amide bonds. The van der Waals surface area contributed by atoms with Crippen molar-refractivity contribution in [2.24, 2.45) is 7.05 Å². The van der Waals surface area contributed by atoms with Crippen molar-refractivity contribution in [2.45, 2.75) is 18.7 Å². The number of nitrogens with zero attached hydrogens (tertiary/aromatic N) is 3. The molecule has 2 N–H and O–H groups in total. The maximum atomic E-state index is 12.7. The Balaban J connectivity index is 1.96. The average Bonchev–Trinajstić information content (AvgIpc) is 2.84. The lowest BCUT2D eigenvalue weighted by Crippen LogP contribution is -2.14. The first-order chi connectivity index (χ1) is 12.2. The summed E-state index contributed by atoms with van der Waals surface area (Å²) in [6, 6.07) is 5.98. The van der Waals surface area contributed by atoms with E-state index >= 15 is 0 Å². The number of fused-ring (bicyclic) bond motifs is 1. The van der Waals surface area contributed by atoms with Crippen molar-refractivity contribution in [1.82, 2.24) is 14.8 Å². The first-order valence-corrected chi connectivity index (χ1v) is 9.43. The molecule has 0 saturated heterocycles. The van der Waals surface area contributed by atoms with Crippen LogP contribution in [0, 0.1) is 6.92 Å². The summed E-state index contributed by atoms with van der Waals surface area (Å²) in [5, 5.41) is 7.74. The van der Waals surface area contributed by atoms with Crippen LogP contribution in [0.1, 0.15) is 12.6 Å². The summed E-state index contributed by atoms with van der Waals surface area (Å²) in [6.45, 7) is 3.12. The third kappa shape index (κ3) is 3.49. The van der Waals surface area contributed by atoms with Crippen LogP contribution in [0.4, 0.5) is 11.4 Å². The number of aryl methyl sites for hydroxylation is 2. The van der Waals surface area contributed by atoms with Gasteiger partial charge in [0.25, 0.3) is 10.0 Å². The molecule has 10 heteroatoms. The van der Waals surface area contributed by atoms with Crippen LogP contribution in [0.15, 0.2) is 35.4 Å². The Kier molecular flexibility index (Phi) is 4.59. The summed E-state index contributed by atoms with van der Waals surface area (Å²) in [7, 11) is -2.13. The summed E-state index contributed by atoms with van der Waals surface area (Å²) >= 11 is 6.00. The standard InChI is InChI=1S/C16H16ClN5O3S/c1-9-13-7-12(8-18-16(13)22(3)20-9)26(24,25)21-11-4-5-14(17)15(6-11)19-10(2)23/h4-8,21H,1-3H3,(H,19,23). The minimum Gasteiger partial charge on any atom is -0.325 e. The van der Waals surface area contributed by atoms with E-state index in [1.165, 1.54) is 37.4 Å². The first-order valence-electron chi connectivity index (χ1n) is 7.56. The van der Waals surface area contributed by atoms with Crippen molar-refractivity contribution in [2.75, 3.05) is 10.0 Å². The maximum absolute atomic E-state index is 12.7. The zero-order chi connectivity index (χ0) is 19.1. The van der Waals surface area contributed by atoms with Crippen molar-refractivity contribution in [3.8, 4) is 0 Å². The fourth-order valence-electron chi connectivity index (χ4n) is 2.52. The molecule has 0 spiro atoms. The second kappa shape index (κ2) is 6.58. The molecule has 0 aliphatic rings. The minimum atomic E-state index is -3.88. The van der Waals surface area contributed by atoms with E-state index in [0.29, 0.717) is 27.4 Å². The number of carbonyl (C=O) groups is 1. The zero-order valence-corrected chi connectivity index (χ0v) is 15.8. The van der Waals surface area contributed by atoms with Crippen LogP contribution in [0.5, 0.6) is 0 Å². The predicted molar refractivity (Wildman–Crippen MR) is 99.8 cm³/mol. The van der Waals surface area contributed by atoms with E-state index in [0.717, 1.165) is 0 Å². The Morgan fingerprint density at radius 3 is 2.69 bits per heavy atom. The lowest BCUT2D eigenvalue weighted by molar-refractivity contribution is -0.114. The number of sulfonamides is 1. The molecule has 136 valence electrons. The number of amides is 1. The second-order valence-electron chi connectivity index (χ2n) is 5.73. The first kappa shape index (κ1) is 18.2. The van der Waals surface area contributed by atoms with E-state index in [-0.39, 0.29) is 16.5 Å². The number of hydrogen-bond acceptors (Lipinski definition) is 5. The smallest absolute Gasteiger partial charge is 0.263 e. The van der Waals surface area contributed by atoms with Crippen LogP contribution >= 0.6 is 11.6 Å². The summed E-state index contributed by atoms with van der Waals surface area (Å²) in [6.07, 6.45) is 1.27. The van der Waals surface area contributed by atoms with Gasteiger partial charge in [-0.1, -0.05) is 11.6 Å². The molecule has 0 saturated carbocycles. The van der Waals surface area contributed by atoms with E-state index < -0.39 is 10.0 Å². The number of anilines is 2. The third-order valence-corrected chi connectivity index (χ3v) is 5.36. The Hall–Kier alpha value is -2.65. The highest BCUT2D eigenvalue weighted by Crippen LogP contribution is 2.27. The van der Waals surface area contributed by atoms with E-state index in [1.54, 1.807) is 18.7 Å². The Morgan fingerprint density at radius 2 is 2.00 bits per heavy atom. The molecule has 3 rings (SSSR count).